The van der Waals surface area contributed by atoms with Gasteiger partial charge >= 0.3 is 5.97 Å². The summed E-state index contributed by atoms with van der Waals surface area (Å²) >= 11 is 0. The summed E-state index contributed by atoms with van der Waals surface area (Å²) in [5, 5.41) is 26.3. The molecule has 0 aliphatic rings. The van der Waals surface area contributed by atoms with Crippen LogP contribution in [0, 0.1) is 11.8 Å². The molecule has 9 N–H and O–H groups in total. The first-order valence-electron chi connectivity index (χ1n) is 11.7. The number of aliphatic carboxylic acids is 1. The monoisotopic (exact) mass is 507 g/mol. The Hall–Kier alpha value is -3.67. The first-order valence-corrected chi connectivity index (χ1v) is 11.7. The highest BCUT2D eigenvalue weighted by molar-refractivity contribution is 5.94. The van der Waals surface area contributed by atoms with Crippen molar-refractivity contribution in [3.63, 3.8) is 0 Å². The third kappa shape index (κ3) is 9.90. The van der Waals surface area contributed by atoms with Crippen molar-refractivity contribution in [1.82, 2.24) is 16.0 Å². The first kappa shape index (κ1) is 30.4. The number of phenolic OH excluding ortho intramolecular Hbond substituents is 1. The average molecular weight is 508 g/mol. The number of benzene rings is 1. The summed E-state index contributed by atoms with van der Waals surface area (Å²) < 4.78 is 0. The molecular weight excluding hydrogens is 470 g/mol. The van der Waals surface area contributed by atoms with Crippen LogP contribution in [0.5, 0.6) is 5.75 Å². The van der Waals surface area contributed by atoms with Crippen molar-refractivity contribution in [3.8, 4) is 5.75 Å². The van der Waals surface area contributed by atoms with Crippen molar-refractivity contribution in [2.75, 3.05) is 0 Å². The second kappa shape index (κ2) is 14.0. The van der Waals surface area contributed by atoms with Crippen LogP contribution in [0.1, 0.15) is 46.1 Å². The Morgan fingerprint density at radius 2 is 1.31 bits per heavy atom. The zero-order valence-corrected chi connectivity index (χ0v) is 21.0. The fraction of sp³-hybridized carbons (Fsp3) is 0.542. The highest BCUT2D eigenvalue weighted by Gasteiger charge is 2.33. The number of carboxylic acids is 1. The maximum Gasteiger partial charge on any atom is 0.326 e. The SMILES string of the molecule is CC(C)C(NC(=O)C(N)Cc1ccc(O)cc1)C(=O)NC(C(=O)NC(CCC(N)=O)C(=O)O)C(C)C. The number of phenols is 1. The fourth-order valence-electron chi connectivity index (χ4n) is 3.36. The number of carboxylic acid groups (broad SMARTS) is 1. The molecule has 200 valence electrons. The Morgan fingerprint density at radius 3 is 1.75 bits per heavy atom. The van der Waals surface area contributed by atoms with Crippen LogP contribution in [0.2, 0.25) is 0 Å². The normalized spacial score (nSPS) is 14.4. The molecule has 0 bridgehead atoms. The molecule has 36 heavy (non-hydrogen) atoms. The molecule has 4 atom stereocenters. The molecule has 0 aliphatic heterocycles. The third-order valence-electron chi connectivity index (χ3n) is 5.52. The van der Waals surface area contributed by atoms with Gasteiger partial charge in [-0.2, -0.15) is 0 Å². The molecular formula is C24H37N5O7. The lowest BCUT2D eigenvalue weighted by Gasteiger charge is -2.28. The Kier molecular flexibility index (Phi) is 11.8. The van der Waals surface area contributed by atoms with E-state index in [1.165, 1.54) is 12.1 Å². The number of nitrogens with two attached hydrogens (primary N) is 2. The number of hydrogen-bond acceptors (Lipinski definition) is 7. The van der Waals surface area contributed by atoms with Crippen molar-refractivity contribution in [2.24, 2.45) is 23.3 Å². The molecule has 1 aromatic rings. The summed E-state index contributed by atoms with van der Waals surface area (Å²) in [5.41, 5.74) is 11.8. The summed E-state index contributed by atoms with van der Waals surface area (Å²) in [5.74, 6) is -4.68. The molecule has 0 spiro atoms. The number of amides is 4. The largest absolute Gasteiger partial charge is 0.508 e. The Labute approximate surface area is 210 Å². The Bertz CT molecular complexity index is 933. The van der Waals surface area contributed by atoms with E-state index in [0.717, 1.165) is 5.56 Å². The van der Waals surface area contributed by atoms with E-state index in [9.17, 15) is 34.2 Å². The second-order valence-electron chi connectivity index (χ2n) is 9.34. The molecule has 0 saturated carbocycles. The molecule has 0 saturated heterocycles. The number of primary amides is 1. The number of hydrogen-bond donors (Lipinski definition) is 7. The summed E-state index contributed by atoms with van der Waals surface area (Å²) in [7, 11) is 0. The van der Waals surface area contributed by atoms with E-state index in [2.05, 4.69) is 16.0 Å². The van der Waals surface area contributed by atoms with Crippen LogP contribution in [0.4, 0.5) is 0 Å². The second-order valence-corrected chi connectivity index (χ2v) is 9.34. The van der Waals surface area contributed by atoms with Gasteiger partial charge in [0.2, 0.25) is 23.6 Å². The molecule has 12 heteroatoms. The molecule has 0 aromatic heterocycles. The number of rotatable bonds is 14. The van der Waals surface area contributed by atoms with Crippen LogP contribution in [0.15, 0.2) is 24.3 Å². The van der Waals surface area contributed by atoms with E-state index < -0.39 is 59.7 Å². The van der Waals surface area contributed by atoms with Crippen molar-refractivity contribution in [3.05, 3.63) is 29.8 Å². The van der Waals surface area contributed by atoms with Crippen molar-refractivity contribution >= 4 is 29.6 Å². The van der Waals surface area contributed by atoms with Gasteiger partial charge in [-0.05, 0) is 42.4 Å². The summed E-state index contributed by atoms with van der Waals surface area (Å²) in [6, 6.07) is 1.79. The third-order valence-corrected chi connectivity index (χ3v) is 5.52. The Morgan fingerprint density at radius 1 is 0.833 bits per heavy atom. The van der Waals surface area contributed by atoms with Crippen molar-refractivity contribution in [2.45, 2.75) is 71.1 Å². The van der Waals surface area contributed by atoms with Crippen LogP contribution >= 0.6 is 0 Å². The van der Waals surface area contributed by atoms with E-state index in [1.807, 2.05) is 0 Å². The lowest BCUT2D eigenvalue weighted by molar-refractivity contribution is -0.143. The summed E-state index contributed by atoms with van der Waals surface area (Å²) in [4.78, 5) is 61.0. The predicted molar refractivity (Wildman–Crippen MR) is 131 cm³/mol. The minimum Gasteiger partial charge on any atom is -0.508 e. The number of aromatic hydroxyl groups is 1. The standard InChI is InChI=1S/C24H37N5O7/c1-12(2)19(22(33)27-17(24(35)36)9-10-18(26)31)29-23(34)20(13(3)4)28-21(32)16(25)11-14-5-7-15(30)8-6-14/h5-8,12-13,16-17,19-20,30H,9-11,25H2,1-4H3,(H2,26,31)(H,27,33)(H,28,32)(H,29,34)(H,35,36). The topological polar surface area (TPSA) is 214 Å². The van der Waals surface area contributed by atoms with E-state index >= 15 is 0 Å². The minimum absolute atomic E-state index is 0.0830. The maximum absolute atomic E-state index is 13.0. The molecule has 12 nitrogen and oxygen atoms in total. The quantitative estimate of drug-likeness (QED) is 0.172. The van der Waals surface area contributed by atoms with Crippen molar-refractivity contribution in [1.29, 1.82) is 0 Å². The van der Waals surface area contributed by atoms with Gasteiger partial charge in [0, 0.05) is 6.42 Å². The minimum atomic E-state index is -1.36. The van der Waals surface area contributed by atoms with Crippen LogP contribution in [-0.2, 0) is 30.4 Å². The lowest BCUT2D eigenvalue weighted by Crippen LogP contribution is -2.59. The van der Waals surface area contributed by atoms with Crippen LogP contribution in [0.3, 0.4) is 0 Å². The lowest BCUT2D eigenvalue weighted by atomic mass is 9.98. The van der Waals surface area contributed by atoms with Gasteiger partial charge in [-0.15, -0.1) is 0 Å². The molecule has 1 aromatic carbocycles. The van der Waals surface area contributed by atoms with Crippen LogP contribution in [-0.4, -0.2) is 64.0 Å². The fourth-order valence-corrected chi connectivity index (χ4v) is 3.36. The highest BCUT2D eigenvalue weighted by atomic mass is 16.4. The average Bonchev–Trinajstić information content (AvgIpc) is 2.78. The van der Waals surface area contributed by atoms with Gasteiger partial charge in [0.05, 0.1) is 6.04 Å². The van der Waals surface area contributed by atoms with Gasteiger partial charge < -0.3 is 37.6 Å². The molecule has 4 amide bonds. The van der Waals surface area contributed by atoms with Gasteiger partial charge in [0.25, 0.3) is 0 Å². The molecule has 1 rings (SSSR count). The van der Waals surface area contributed by atoms with E-state index in [-0.39, 0.29) is 30.9 Å². The molecule has 0 radical (unpaired) electrons. The predicted octanol–water partition coefficient (Wildman–Crippen LogP) is -0.621. The number of nitrogens with one attached hydrogen (secondary N) is 3. The molecule has 0 heterocycles. The smallest absolute Gasteiger partial charge is 0.326 e. The van der Waals surface area contributed by atoms with Gasteiger partial charge in [-0.3, -0.25) is 19.2 Å². The highest BCUT2D eigenvalue weighted by Crippen LogP contribution is 2.12. The van der Waals surface area contributed by atoms with Gasteiger partial charge in [-0.1, -0.05) is 39.8 Å². The number of carbonyl (C=O) groups is 5. The Balaban J connectivity index is 2.88. The summed E-state index contributed by atoms with van der Waals surface area (Å²) in [6.45, 7) is 6.76. The van der Waals surface area contributed by atoms with Gasteiger partial charge in [0.15, 0.2) is 0 Å². The zero-order valence-electron chi connectivity index (χ0n) is 21.0. The molecule has 0 aliphatic carbocycles. The first-order chi connectivity index (χ1) is 16.7. The molecule has 4 unspecified atom stereocenters. The zero-order chi connectivity index (χ0) is 27.6. The van der Waals surface area contributed by atoms with Crippen LogP contribution < -0.4 is 27.4 Å². The van der Waals surface area contributed by atoms with Crippen LogP contribution in [0.25, 0.3) is 0 Å². The maximum atomic E-state index is 13.0. The van der Waals surface area contributed by atoms with Gasteiger partial charge in [-0.25, -0.2) is 4.79 Å². The van der Waals surface area contributed by atoms with Gasteiger partial charge in [0.1, 0.15) is 23.9 Å². The van der Waals surface area contributed by atoms with Crippen molar-refractivity contribution < 1.29 is 34.2 Å². The summed E-state index contributed by atoms with van der Waals surface area (Å²) in [6.07, 6.45) is -0.252. The number of carbonyl (C=O) groups excluding carboxylic acids is 4. The van der Waals surface area contributed by atoms with E-state index in [1.54, 1.807) is 39.8 Å². The van der Waals surface area contributed by atoms with E-state index in [4.69, 9.17) is 11.5 Å². The van der Waals surface area contributed by atoms with E-state index in [0.29, 0.717) is 0 Å². The molecule has 0 fully saturated rings.